The summed E-state index contributed by atoms with van der Waals surface area (Å²) in [4.78, 5) is 11.4. The zero-order valence-corrected chi connectivity index (χ0v) is 12.8. The van der Waals surface area contributed by atoms with Gasteiger partial charge in [0.2, 0.25) is 0 Å². The van der Waals surface area contributed by atoms with Crippen LogP contribution in [0.3, 0.4) is 0 Å². The Hall–Kier alpha value is -0.800. The standard InChI is InChI=1S/C10H8BrClF3NO3S/c11-8-2-1-6(20(12,18)19)5-7(8)9(17)16-4-3-10(13,14)15/h1-2,5H,3-4H2,(H,16,17). The van der Waals surface area contributed by atoms with Crippen LogP contribution in [0.5, 0.6) is 0 Å². The van der Waals surface area contributed by atoms with Crippen molar-refractivity contribution in [3.8, 4) is 0 Å². The molecule has 0 saturated carbocycles. The first kappa shape index (κ1) is 17.3. The zero-order valence-electron chi connectivity index (χ0n) is 9.67. The third-order valence-corrected chi connectivity index (χ3v) is 4.20. The van der Waals surface area contributed by atoms with Gasteiger partial charge in [-0.25, -0.2) is 8.42 Å². The van der Waals surface area contributed by atoms with Crippen LogP contribution in [-0.2, 0) is 9.05 Å². The van der Waals surface area contributed by atoms with Crippen LogP contribution in [0.25, 0.3) is 0 Å². The van der Waals surface area contributed by atoms with Gasteiger partial charge in [-0.3, -0.25) is 4.79 Å². The number of benzene rings is 1. The van der Waals surface area contributed by atoms with E-state index >= 15 is 0 Å². The number of halogens is 5. The first-order valence-corrected chi connectivity index (χ1v) is 8.20. The van der Waals surface area contributed by atoms with Gasteiger partial charge in [-0.15, -0.1) is 0 Å². The summed E-state index contributed by atoms with van der Waals surface area (Å²) < 4.78 is 58.4. The highest BCUT2D eigenvalue weighted by Crippen LogP contribution is 2.23. The van der Waals surface area contributed by atoms with E-state index in [0.29, 0.717) is 0 Å². The molecule has 0 fully saturated rings. The van der Waals surface area contributed by atoms with Gasteiger partial charge in [-0.05, 0) is 34.1 Å². The van der Waals surface area contributed by atoms with Gasteiger partial charge in [0.15, 0.2) is 0 Å². The second-order valence-corrected chi connectivity index (χ2v) is 7.12. The van der Waals surface area contributed by atoms with Crippen LogP contribution < -0.4 is 5.32 Å². The topological polar surface area (TPSA) is 63.2 Å². The second-order valence-electron chi connectivity index (χ2n) is 3.70. The molecule has 0 radical (unpaired) electrons. The van der Waals surface area contributed by atoms with Crippen molar-refractivity contribution in [2.75, 3.05) is 6.54 Å². The molecule has 0 saturated heterocycles. The molecule has 10 heteroatoms. The first-order chi connectivity index (χ1) is 9.00. The van der Waals surface area contributed by atoms with E-state index in [9.17, 15) is 26.4 Å². The van der Waals surface area contributed by atoms with E-state index in [1.807, 2.05) is 5.32 Å². The van der Waals surface area contributed by atoms with Gasteiger partial charge in [0.25, 0.3) is 15.0 Å². The number of carbonyl (C=O) groups is 1. The van der Waals surface area contributed by atoms with Crippen molar-refractivity contribution in [2.24, 2.45) is 0 Å². The third-order valence-electron chi connectivity index (χ3n) is 2.16. The van der Waals surface area contributed by atoms with E-state index in [1.54, 1.807) is 0 Å². The van der Waals surface area contributed by atoms with Gasteiger partial charge in [-0.2, -0.15) is 13.2 Å². The van der Waals surface area contributed by atoms with Crippen molar-refractivity contribution < 1.29 is 26.4 Å². The first-order valence-electron chi connectivity index (χ1n) is 5.10. The zero-order chi connectivity index (χ0) is 15.6. The van der Waals surface area contributed by atoms with Gasteiger partial charge in [0.1, 0.15) is 0 Å². The highest BCUT2D eigenvalue weighted by molar-refractivity contribution is 9.10. The Bertz CT molecular complexity index is 619. The maximum atomic E-state index is 12.0. The highest BCUT2D eigenvalue weighted by atomic mass is 79.9. The minimum Gasteiger partial charge on any atom is -0.352 e. The summed E-state index contributed by atoms with van der Waals surface area (Å²) in [6.07, 6.45) is -5.56. The SMILES string of the molecule is O=C(NCCC(F)(F)F)c1cc(S(=O)(=O)Cl)ccc1Br. The molecular weight excluding hydrogens is 387 g/mol. The monoisotopic (exact) mass is 393 g/mol. The average molecular weight is 395 g/mol. The number of alkyl halides is 3. The normalized spacial score (nSPS) is 12.2. The number of amides is 1. The Morgan fingerprint density at radius 1 is 1.35 bits per heavy atom. The molecule has 4 nitrogen and oxygen atoms in total. The molecule has 0 heterocycles. The predicted octanol–water partition coefficient (Wildman–Crippen LogP) is 3.06. The lowest BCUT2D eigenvalue weighted by Gasteiger charge is -2.09. The molecule has 0 aliphatic heterocycles. The Morgan fingerprint density at radius 2 is 1.95 bits per heavy atom. The summed E-state index contributed by atoms with van der Waals surface area (Å²) in [5, 5.41) is 2.05. The summed E-state index contributed by atoms with van der Waals surface area (Å²) in [5.74, 6) is -0.830. The summed E-state index contributed by atoms with van der Waals surface area (Å²) in [7, 11) is 1.10. The number of hydrogen-bond donors (Lipinski definition) is 1. The molecular formula is C10H8BrClF3NO3S. The molecule has 0 bridgehead atoms. The molecule has 0 spiro atoms. The maximum absolute atomic E-state index is 12.0. The minimum absolute atomic E-state index is 0.117. The van der Waals surface area contributed by atoms with Crippen molar-refractivity contribution in [2.45, 2.75) is 17.5 Å². The van der Waals surface area contributed by atoms with Crippen LogP contribution in [0.4, 0.5) is 13.2 Å². The van der Waals surface area contributed by atoms with Crippen molar-refractivity contribution in [1.82, 2.24) is 5.32 Å². The molecule has 1 aromatic carbocycles. The molecule has 0 aliphatic carbocycles. The fourth-order valence-electron chi connectivity index (χ4n) is 1.24. The average Bonchev–Trinajstić information content (AvgIpc) is 2.25. The minimum atomic E-state index is -4.38. The Morgan fingerprint density at radius 3 is 2.45 bits per heavy atom. The quantitative estimate of drug-likeness (QED) is 0.799. The van der Waals surface area contributed by atoms with Gasteiger partial charge in [0, 0.05) is 21.7 Å². The van der Waals surface area contributed by atoms with Crippen molar-refractivity contribution in [3.63, 3.8) is 0 Å². The lowest BCUT2D eigenvalue weighted by molar-refractivity contribution is -0.132. The molecule has 20 heavy (non-hydrogen) atoms. The molecule has 1 amide bonds. The fourth-order valence-corrected chi connectivity index (χ4v) is 2.45. The van der Waals surface area contributed by atoms with E-state index in [2.05, 4.69) is 15.9 Å². The lowest BCUT2D eigenvalue weighted by atomic mass is 10.2. The van der Waals surface area contributed by atoms with Crippen LogP contribution in [0.15, 0.2) is 27.6 Å². The summed E-state index contributed by atoms with van der Waals surface area (Å²) in [6, 6.07) is 3.42. The molecule has 0 atom stereocenters. The largest absolute Gasteiger partial charge is 0.390 e. The smallest absolute Gasteiger partial charge is 0.352 e. The Balaban J connectivity index is 2.88. The highest BCUT2D eigenvalue weighted by Gasteiger charge is 2.27. The van der Waals surface area contributed by atoms with E-state index in [-0.39, 0.29) is 14.9 Å². The molecule has 1 rings (SSSR count). The summed E-state index contributed by atoms with van der Waals surface area (Å²) in [5.41, 5.74) is -0.117. The van der Waals surface area contributed by atoms with Crippen LogP contribution in [0.2, 0.25) is 0 Å². The Labute approximate surface area is 125 Å². The predicted molar refractivity (Wildman–Crippen MR) is 70.2 cm³/mol. The van der Waals surface area contributed by atoms with Crippen LogP contribution in [0.1, 0.15) is 16.8 Å². The maximum Gasteiger partial charge on any atom is 0.390 e. The van der Waals surface area contributed by atoms with E-state index < -0.39 is 34.1 Å². The van der Waals surface area contributed by atoms with Crippen molar-refractivity contribution >= 4 is 41.6 Å². The summed E-state index contributed by atoms with van der Waals surface area (Å²) in [6.45, 7) is -0.605. The van der Waals surface area contributed by atoms with Crippen molar-refractivity contribution in [1.29, 1.82) is 0 Å². The van der Waals surface area contributed by atoms with E-state index in [1.165, 1.54) is 12.1 Å². The van der Waals surface area contributed by atoms with Crippen LogP contribution >= 0.6 is 26.6 Å². The molecule has 112 valence electrons. The molecule has 0 aromatic heterocycles. The lowest BCUT2D eigenvalue weighted by Crippen LogP contribution is -2.28. The third kappa shape index (κ3) is 5.29. The van der Waals surface area contributed by atoms with Crippen LogP contribution in [0, 0.1) is 0 Å². The molecule has 0 aliphatic rings. The van der Waals surface area contributed by atoms with Gasteiger partial charge >= 0.3 is 6.18 Å². The molecule has 1 aromatic rings. The van der Waals surface area contributed by atoms with Gasteiger partial charge in [0.05, 0.1) is 16.9 Å². The van der Waals surface area contributed by atoms with E-state index in [4.69, 9.17) is 10.7 Å². The van der Waals surface area contributed by atoms with Gasteiger partial charge in [-0.1, -0.05) is 0 Å². The van der Waals surface area contributed by atoms with Gasteiger partial charge < -0.3 is 5.32 Å². The Kier molecular flexibility index (Phi) is 5.45. The second kappa shape index (κ2) is 6.31. The number of nitrogens with one attached hydrogen (secondary N) is 1. The van der Waals surface area contributed by atoms with Crippen LogP contribution in [-0.4, -0.2) is 27.0 Å². The summed E-state index contributed by atoms with van der Waals surface area (Å²) >= 11 is 3.01. The van der Waals surface area contributed by atoms with Crippen molar-refractivity contribution in [3.05, 3.63) is 28.2 Å². The molecule has 0 unspecified atom stereocenters. The van der Waals surface area contributed by atoms with E-state index in [0.717, 1.165) is 6.07 Å². The number of rotatable bonds is 4. The number of hydrogen-bond acceptors (Lipinski definition) is 3. The number of carbonyl (C=O) groups excluding carboxylic acids is 1. The fraction of sp³-hybridized carbons (Fsp3) is 0.300. The molecule has 1 N–H and O–H groups in total.